The molecule has 176 valence electrons. The van der Waals surface area contributed by atoms with Gasteiger partial charge in [0.15, 0.2) is 0 Å². The highest BCUT2D eigenvalue weighted by Crippen LogP contribution is 2.51. The van der Waals surface area contributed by atoms with Gasteiger partial charge in [-0.05, 0) is 75.6 Å². The van der Waals surface area contributed by atoms with Crippen molar-refractivity contribution in [3.8, 4) is 0 Å². The highest BCUT2D eigenvalue weighted by molar-refractivity contribution is 5.89. The van der Waals surface area contributed by atoms with Crippen molar-refractivity contribution in [2.45, 2.75) is 89.5 Å². The Morgan fingerprint density at radius 3 is 1.88 bits per heavy atom. The molecule has 1 aliphatic heterocycles. The van der Waals surface area contributed by atoms with Crippen molar-refractivity contribution in [2.24, 2.45) is 11.8 Å². The van der Waals surface area contributed by atoms with Gasteiger partial charge in [-0.2, -0.15) is 5.06 Å². The summed E-state index contributed by atoms with van der Waals surface area (Å²) in [5.74, 6) is 1.04. The first-order valence-corrected chi connectivity index (χ1v) is 12.6. The van der Waals surface area contributed by atoms with Gasteiger partial charge in [0.05, 0.1) is 16.6 Å². The first kappa shape index (κ1) is 22.6. The van der Waals surface area contributed by atoms with E-state index in [2.05, 4.69) is 57.0 Å². The molecule has 0 amide bonds. The number of esters is 1. The van der Waals surface area contributed by atoms with E-state index >= 15 is 0 Å². The molecule has 3 aliphatic rings. The molecule has 2 aromatic carbocycles. The molecule has 5 rings (SSSR count). The minimum atomic E-state index is -0.266. The third kappa shape index (κ3) is 4.02. The fourth-order valence-electron chi connectivity index (χ4n) is 6.69. The quantitative estimate of drug-likeness (QED) is 0.495. The number of hydrogen-bond donors (Lipinski definition) is 0. The Bertz CT molecular complexity index is 964. The summed E-state index contributed by atoms with van der Waals surface area (Å²) in [4.78, 5) is 19.9. The summed E-state index contributed by atoms with van der Waals surface area (Å²) < 4.78 is 6.17. The molecule has 0 saturated heterocycles. The number of ether oxygens (including phenoxy) is 1. The van der Waals surface area contributed by atoms with Crippen molar-refractivity contribution in [1.29, 1.82) is 0 Å². The predicted octanol–water partition coefficient (Wildman–Crippen LogP) is 6.60. The van der Waals surface area contributed by atoms with E-state index in [9.17, 15) is 4.79 Å². The lowest BCUT2D eigenvalue weighted by Crippen LogP contribution is -2.52. The highest BCUT2D eigenvalue weighted by Gasteiger charge is 2.52. The van der Waals surface area contributed by atoms with Gasteiger partial charge in [0, 0.05) is 0 Å². The van der Waals surface area contributed by atoms with Crippen molar-refractivity contribution in [3.63, 3.8) is 0 Å². The maximum absolute atomic E-state index is 13.0. The zero-order chi connectivity index (χ0) is 23.2. The summed E-state index contributed by atoms with van der Waals surface area (Å²) in [6.45, 7) is 8.94. The van der Waals surface area contributed by atoms with Crippen LogP contribution < -0.4 is 0 Å². The summed E-state index contributed by atoms with van der Waals surface area (Å²) in [6.07, 6.45) is 6.57. The molecule has 0 bridgehead atoms. The van der Waals surface area contributed by atoms with E-state index in [1.165, 1.54) is 36.8 Å². The molecule has 2 aliphatic carbocycles. The Hall–Kier alpha value is -2.17. The van der Waals surface area contributed by atoms with E-state index in [4.69, 9.17) is 9.57 Å². The summed E-state index contributed by atoms with van der Waals surface area (Å²) in [6, 6.07) is 18.0. The number of benzene rings is 2. The zero-order valence-electron chi connectivity index (χ0n) is 20.4. The number of nitrogens with zero attached hydrogens (tertiary/aromatic N) is 1. The van der Waals surface area contributed by atoms with Crippen LogP contribution in [0.15, 0.2) is 54.6 Å². The van der Waals surface area contributed by atoms with Crippen LogP contribution in [0, 0.1) is 11.8 Å². The van der Waals surface area contributed by atoms with Crippen molar-refractivity contribution in [3.05, 3.63) is 71.3 Å². The van der Waals surface area contributed by atoms with Crippen LogP contribution >= 0.6 is 0 Å². The molecular weight excluding hydrogens is 410 g/mol. The average molecular weight is 448 g/mol. The molecule has 1 heterocycles. The van der Waals surface area contributed by atoms with Crippen molar-refractivity contribution >= 4 is 5.97 Å². The molecule has 0 spiro atoms. The van der Waals surface area contributed by atoms with Gasteiger partial charge in [0.1, 0.15) is 12.2 Å². The predicted molar refractivity (Wildman–Crippen MR) is 130 cm³/mol. The van der Waals surface area contributed by atoms with Crippen LogP contribution in [0.3, 0.4) is 0 Å². The van der Waals surface area contributed by atoms with Crippen molar-refractivity contribution < 1.29 is 14.4 Å². The van der Waals surface area contributed by atoms with Crippen LogP contribution in [0.25, 0.3) is 0 Å². The summed E-state index contributed by atoms with van der Waals surface area (Å²) in [5.41, 5.74) is 2.68. The molecule has 0 aromatic heterocycles. The molecule has 33 heavy (non-hydrogen) atoms. The molecule has 4 heteroatoms. The van der Waals surface area contributed by atoms with E-state index in [0.717, 1.165) is 12.8 Å². The van der Waals surface area contributed by atoms with Gasteiger partial charge in [-0.15, -0.1) is 0 Å². The number of fused-ring (bicyclic) bond motifs is 2. The maximum Gasteiger partial charge on any atom is 0.338 e. The van der Waals surface area contributed by atoms with Gasteiger partial charge in [0.25, 0.3) is 0 Å². The number of rotatable bonds is 4. The lowest BCUT2D eigenvalue weighted by molar-refractivity contribution is -0.310. The number of carbonyl (C=O) groups excluding carboxylic acids is 1. The van der Waals surface area contributed by atoms with Crippen LogP contribution in [-0.4, -0.2) is 23.2 Å². The van der Waals surface area contributed by atoms with Gasteiger partial charge < -0.3 is 4.74 Å². The standard InChI is InChI=1S/C29H37NO3/c1-28(2)23-16-10-11-17-24(23)29(3,4)30(28)33-26-19-22-15-9-8-14-21(22)18-25(26)32-27(31)20-12-6-5-7-13-20/h5-7,10-13,16-17,21-22,25-26H,8-9,14-15,18-19H2,1-4H3/t21-,22-,25-,26-/m1/s1. The Kier molecular flexibility index (Phi) is 5.86. The van der Waals surface area contributed by atoms with Crippen molar-refractivity contribution in [2.75, 3.05) is 0 Å². The molecule has 2 saturated carbocycles. The van der Waals surface area contributed by atoms with E-state index in [-0.39, 0.29) is 29.3 Å². The Morgan fingerprint density at radius 2 is 1.30 bits per heavy atom. The first-order chi connectivity index (χ1) is 15.8. The molecule has 2 fully saturated rings. The van der Waals surface area contributed by atoms with Crippen LogP contribution in [0.2, 0.25) is 0 Å². The van der Waals surface area contributed by atoms with E-state index < -0.39 is 0 Å². The maximum atomic E-state index is 13.0. The summed E-state index contributed by atoms with van der Waals surface area (Å²) in [5, 5.41) is 2.18. The fraction of sp³-hybridized carbons (Fsp3) is 0.552. The lowest BCUT2D eigenvalue weighted by atomic mass is 9.69. The fourth-order valence-corrected chi connectivity index (χ4v) is 6.69. The van der Waals surface area contributed by atoms with E-state index in [1.807, 2.05) is 30.3 Å². The van der Waals surface area contributed by atoms with Gasteiger partial charge in [-0.1, -0.05) is 68.1 Å². The second-order valence-corrected chi connectivity index (χ2v) is 11.2. The average Bonchev–Trinajstić information content (AvgIpc) is 2.97. The van der Waals surface area contributed by atoms with E-state index in [0.29, 0.717) is 17.4 Å². The second-order valence-electron chi connectivity index (χ2n) is 11.2. The second kappa shape index (κ2) is 8.56. The molecular formula is C29H37NO3. The topological polar surface area (TPSA) is 38.8 Å². The third-order valence-corrected chi connectivity index (χ3v) is 8.32. The Morgan fingerprint density at radius 1 is 0.788 bits per heavy atom. The van der Waals surface area contributed by atoms with Crippen LogP contribution in [0.5, 0.6) is 0 Å². The van der Waals surface area contributed by atoms with Crippen molar-refractivity contribution in [1.82, 2.24) is 5.06 Å². The SMILES string of the molecule is CC1(C)c2ccccc2C(C)(C)N1O[C@@H]1C[C@H]2CCCC[C@@H]2C[C@H]1OC(=O)c1ccccc1. The highest BCUT2D eigenvalue weighted by atomic mass is 16.7. The molecule has 0 N–H and O–H groups in total. The Balaban J connectivity index is 1.42. The normalized spacial score (nSPS) is 30.3. The van der Waals surface area contributed by atoms with Gasteiger partial charge in [-0.3, -0.25) is 4.84 Å². The van der Waals surface area contributed by atoms with Gasteiger partial charge >= 0.3 is 5.97 Å². The largest absolute Gasteiger partial charge is 0.456 e. The minimum absolute atomic E-state index is 0.134. The van der Waals surface area contributed by atoms with Crippen LogP contribution in [0.4, 0.5) is 0 Å². The number of carbonyl (C=O) groups is 1. The lowest BCUT2D eigenvalue weighted by Gasteiger charge is -2.47. The Labute approximate surface area is 198 Å². The summed E-state index contributed by atoms with van der Waals surface area (Å²) in [7, 11) is 0. The van der Waals surface area contributed by atoms with Crippen LogP contribution in [-0.2, 0) is 20.7 Å². The van der Waals surface area contributed by atoms with E-state index in [1.54, 1.807) is 0 Å². The monoisotopic (exact) mass is 447 g/mol. The molecule has 2 aromatic rings. The first-order valence-electron chi connectivity index (χ1n) is 12.6. The molecule has 0 radical (unpaired) electrons. The van der Waals surface area contributed by atoms with Gasteiger partial charge in [-0.25, -0.2) is 4.79 Å². The third-order valence-electron chi connectivity index (χ3n) is 8.32. The number of hydrogen-bond acceptors (Lipinski definition) is 4. The van der Waals surface area contributed by atoms with Crippen LogP contribution in [0.1, 0.15) is 87.7 Å². The molecule has 4 atom stereocenters. The minimum Gasteiger partial charge on any atom is -0.456 e. The summed E-state index contributed by atoms with van der Waals surface area (Å²) >= 11 is 0. The zero-order valence-corrected chi connectivity index (χ0v) is 20.4. The molecule has 0 unspecified atom stereocenters. The smallest absolute Gasteiger partial charge is 0.338 e. The number of hydroxylamine groups is 2. The van der Waals surface area contributed by atoms with Gasteiger partial charge in [0.2, 0.25) is 0 Å². The molecule has 4 nitrogen and oxygen atoms in total.